The molecule has 0 amide bonds. The Morgan fingerprint density at radius 3 is 2.62 bits per heavy atom. The quantitative estimate of drug-likeness (QED) is 0.819. The van der Waals surface area contributed by atoms with Gasteiger partial charge in [-0.3, -0.25) is 0 Å². The minimum atomic E-state index is -4.60. The number of carboxylic acid groups (broad SMARTS) is 1. The van der Waals surface area contributed by atoms with Crippen molar-refractivity contribution in [3.8, 4) is 0 Å². The number of rotatable bonds is 1. The Morgan fingerprint density at radius 2 is 2.06 bits per heavy atom. The number of alkyl halides is 3. The lowest BCUT2D eigenvalue weighted by Gasteiger charge is -2.05. The van der Waals surface area contributed by atoms with Crippen LogP contribution in [0.25, 0.3) is 11.1 Å². The minimum Gasteiger partial charge on any atom is -0.474 e. The fraction of sp³-hybridized carbons (Fsp3) is 0.111. The van der Waals surface area contributed by atoms with Gasteiger partial charge in [0.2, 0.25) is 0 Å². The third-order valence-corrected chi connectivity index (χ3v) is 1.90. The van der Waals surface area contributed by atoms with E-state index in [0.717, 1.165) is 12.1 Å². The van der Waals surface area contributed by atoms with Gasteiger partial charge in [0.1, 0.15) is 11.1 Å². The molecule has 0 aliphatic carbocycles. The Kier molecular flexibility index (Phi) is 2.11. The van der Waals surface area contributed by atoms with Crippen molar-refractivity contribution in [1.29, 1.82) is 0 Å². The average molecular weight is 231 g/mol. The van der Waals surface area contributed by atoms with E-state index in [1.807, 2.05) is 0 Å². The van der Waals surface area contributed by atoms with Crippen LogP contribution in [-0.4, -0.2) is 16.1 Å². The Morgan fingerprint density at radius 1 is 1.38 bits per heavy atom. The molecule has 0 fully saturated rings. The van der Waals surface area contributed by atoms with Crippen LogP contribution in [0.15, 0.2) is 22.6 Å². The number of para-hydroxylation sites is 1. The molecule has 0 aliphatic heterocycles. The van der Waals surface area contributed by atoms with E-state index in [0.29, 0.717) is 0 Å². The number of hydrogen-bond acceptors (Lipinski definition) is 3. The second kappa shape index (κ2) is 3.22. The Hall–Kier alpha value is -2.05. The van der Waals surface area contributed by atoms with Crippen LogP contribution in [0.4, 0.5) is 13.2 Å². The van der Waals surface area contributed by atoms with Gasteiger partial charge in [0.25, 0.3) is 0 Å². The van der Waals surface area contributed by atoms with E-state index in [1.54, 1.807) is 0 Å². The van der Waals surface area contributed by atoms with Crippen molar-refractivity contribution in [2.24, 2.45) is 0 Å². The number of fused-ring (bicyclic) bond motifs is 1. The molecule has 0 atom stereocenters. The van der Waals surface area contributed by atoms with E-state index in [9.17, 15) is 18.0 Å². The van der Waals surface area contributed by atoms with E-state index >= 15 is 0 Å². The third kappa shape index (κ3) is 1.60. The number of oxazole rings is 1. The van der Waals surface area contributed by atoms with Crippen LogP contribution in [0.5, 0.6) is 0 Å². The third-order valence-electron chi connectivity index (χ3n) is 1.90. The number of nitrogens with zero attached hydrogens (tertiary/aromatic N) is 1. The summed E-state index contributed by atoms with van der Waals surface area (Å²) in [6.45, 7) is 0. The molecular weight excluding hydrogens is 227 g/mol. The number of carboxylic acids is 1. The lowest BCUT2D eigenvalue weighted by atomic mass is 10.2. The zero-order valence-corrected chi connectivity index (χ0v) is 7.58. The Labute approximate surface area is 86.3 Å². The highest BCUT2D eigenvalue weighted by Crippen LogP contribution is 2.34. The largest absolute Gasteiger partial charge is 0.474 e. The second-order valence-electron chi connectivity index (χ2n) is 2.98. The molecule has 0 bridgehead atoms. The van der Waals surface area contributed by atoms with Gasteiger partial charge in [-0.25, -0.2) is 9.78 Å². The first-order valence-electron chi connectivity index (χ1n) is 4.09. The van der Waals surface area contributed by atoms with Crippen LogP contribution in [0.1, 0.15) is 16.2 Å². The molecule has 1 aromatic carbocycles. The molecule has 0 radical (unpaired) electrons. The van der Waals surface area contributed by atoms with Gasteiger partial charge >= 0.3 is 18.0 Å². The molecule has 0 saturated carbocycles. The van der Waals surface area contributed by atoms with E-state index in [2.05, 4.69) is 9.40 Å². The summed E-state index contributed by atoms with van der Waals surface area (Å²) >= 11 is 0. The molecule has 84 valence electrons. The molecule has 0 spiro atoms. The van der Waals surface area contributed by atoms with Crippen LogP contribution in [0.2, 0.25) is 0 Å². The van der Waals surface area contributed by atoms with E-state index in [1.165, 1.54) is 6.07 Å². The van der Waals surface area contributed by atoms with E-state index in [-0.39, 0.29) is 5.52 Å². The standard InChI is InChI=1S/C9H4F3NO3/c10-9(11,12)4-2-1-3-5-6(4)16-7(13-5)8(14)15/h1-3H,(H,14,15). The second-order valence-corrected chi connectivity index (χ2v) is 2.98. The Balaban J connectivity index is 2.73. The molecule has 4 nitrogen and oxygen atoms in total. The summed E-state index contributed by atoms with van der Waals surface area (Å²) in [6, 6.07) is 3.19. The van der Waals surface area contributed by atoms with Crippen molar-refractivity contribution in [1.82, 2.24) is 4.98 Å². The van der Waals surface area contributed by atoms with Crippen LogP contribution >= 0.6 is 0 Å². The highest BCUT2D eigenvalue weighted by Gasteiger charge is 2.35. The first kappa shape index (κ1) is 10.5. The molecule has 1 aromatic heterocycles. The van der Waals surface area contributed by atoms with Crippen molar-refractivity contribution >= 4 is 17.1 Å². The summed E-state index contributed by atoms with van der Waals surface area (Å²) in [5.41, 5.74) is -1.73. The van der Waals surface area contributed by atoms with Crippen LogP contribution < -0.4 is 0 Å². The molecular formula is C9H4F3NO3. The maximum Gasteiger partial charge on any atom is 0.420 e. The van der Waals surface area contributed by atoms with Crippen molar-refractivity contribution in [2.45, 2.75) is 6.18 Å². The SMILES string of the molecule is O=C(O)c1nc2cccc(C(F)(F)F)c2o1. The number of benzene rings is 1. The average Bonchev–Trinajstić information content (AvgIpc) is 2.58. The smallest absolute Gasteiger partial charge is 0.420 e. The van der Waals surface area contributed by atoms with Gasteiger partial charge in [-0.15, -0.1) is 0 Å². The molecule has 1 heterocycles. The van der Waals surface area contributed by atoms with E-state index in [4.69, 9.17) is 5.11 Å². The summed E-state index contributed by atoms with van der Waals surface area (Å²) in [5.74, 6) is -2.27. The van der Waals surface area contributed by atoms with E-state index < -0.39 is 29.2 Å². The van der Waals surface area contributed by atoms with Gasteiger partial charge in [-0.05, 0) is 12.1 Å². The van der Waals surface area contributed by atoms with Crippen molar-refractivity contribution < 1.29 is 27.5 Å². The topological polar surface area (TPSA) is 63.3 Å². The summed E-state index contributed by atoms with van der Waals surface area (Å²) in [6.07, 6.45) is -4.60. The van der Waals surface area contributed by atoms with Gasteiger partial charge in [0, 0.05) is 0 Å². The van der Waals surface area contributed by atoms with Crippen LogP contribution in [-0.2, 0) is 6.18 Å². The van der Waals surface area contributed by atoms with Crippen molar-refractivity contribution in [3.05, 3.63) is 29.7 Å². The summed E-state index contributed by atoms with van der Waals surface area (Å²) in [7, 11) is 0. The zero-order chi connectivity index (χ0) is 11.9. The number of halogens is 3. The highest BCUT2D eigenvalue weighted by atomic mass is 19.4. The fourth-order valence-electron chi connectivity index (χ4n) is 1.26. The summed E-state index contributed by atoms with van der Waals surface area (Å²) in [4.78, 5) is 13.9. The first-order valence-corrected chi connectivity index (χ1v) is 4.09. The molecule has 2 aromatic rings. The molecule has 0 saturated heterocycles. The van der Waals surface area contributed by atoms with Crippen LogP contribution in [0, 0.1) is 0 Å². The molecule has 0 aliphatic rings. The number of aromatic nitrogens is 1. The zero-order valence-electron chi connectivity index (χ0n) is 7.58. The minimum absolute atomic E-state index is 0.132. The number of aromatic carboxylic acids is 1. The maximum absolute atomic E-state index is 12.5. The predicted molar refractivity (Wildman–Crippen MR) is 46.0 cm³/mol. The summed E-state index contributed by atoms with van der Waals surface area (Å²) in [5, 5.41) is 8.54. The molecule has 1 N–H and O–H groups in total. The lowest BCUT2D eigenvalue weighted by molar-refractivity contribution is -0.136. The van der Waals surface area contributed by atoms with Crippen LogP contribution in [0.3, 0.4) is 0 Å². The first-order chi connectivity index (χ1) is 7.39. The molecule has 0 unspecified atom stereocenters. The normalized spacial score (nSPS) is 11.9. The van der Waals surface area contributed by atoms with Crippen molar-refractivity contribution in [2.75, 3.05) is 0 Å². The van der Waals surface area contributed by atoms with Gasteiger partial charge in [-0.2, -0.15) is 13.2 Å². The monoisotopic (exact) mass is 231 g/mol. The molecule has 16 heavy (non-hydrogen) atoms. The maximum atomic E-state index is 12.5. The Bertz CT molecular complexity index is 559. The highest BCUT2D eigenvalue weighted by molar-refractivity contribution is 5.87. The molecule has 7 heteroatoms. The predicted octanol–water partition coefficient (Wildman–Crippen LogP) is 2.54. The number of carbonyl (C=O) groups is 1. The fourth-order valence-corrected chi connectivity index (χ4v) is 1.26. The van der Waals surface area contributed by atoms with Gasteiger partial charge in [0.15, 0.2) is 5.58 Å². The van der Waals surface area contributed by atoms with Gasteiger partial charge < -0.3 is 9.52 Å². The number of hydrogen-bond donors (Lipinski definition) is 1. The molecule has 2 rings (SSSR count). The lowest BCUT2D eigenvalue weighted by Crippen LogP contribution is -2.04. The summed E-state index contributed by atoms with van der Waals surface area (Å²) < 4.78 is 42.0. The van der Waals surface area contributed by atoms with Crippen molar-refractivity contribution in [3.63, 3.8) is 0 Å². The van der Waals surface area contributed by atoms with Gasteiger partial charge in [0.05, 0.1) is 0 Å². The van der Waals surface area contributed by atoms with Gasteiger partial charge in [-0.1, -0.05) is 6.07 Å².